The molecule has 0 saturated heterocycles. The van der Waals surface area contributed by atoms with Crippen molar-refractivity contribution in [3.8, 4) is 0 Å². The minimum atomic E-state index is 0.116. The van der Waals surface area contributed by atoms with Crippen molar-refractivity contribution < 1.29 is 4.79 Å². The summed E-state index contributed by atoms with van der Waals surface area (Å²) in [7, 11) is 0. The van der Waals surface area contributed by atoms with Gasteiger partial charge < -0.3 is 4.79 Å². The maximum Gasteiger partial charge on any atom is 0.123 e. The Morgan fingerprint density at radius 2 is 1.33 bits per heavy atom. The van der Waals surface area contributed by atoms with Crippen LogP contribution in [0.4, 0.5) is 0 Å². The van der Waals surface area contributed by atoms with Crippen LogP contribution in [-0.2, 0) is 16.6 Å². The highest BCUT2D eigenvalue weighted by atomic mass is 16.1. The number of carbonyl (C=O) groups excluding carboxylic acids is 1. The summed E-state index contributed by atoms with van der Waals surface area (Å²) in [5.41, 5.74) is 2.78. The van der Waals surface area contributed by atoms with Gasteiger partial charge in [0.05, 0.1) is 0 Å². The largest absolute Gasteiger partial charge is 0.303 e. The molecule has 1 heteroatoms. The summed E-state index contributed by atoms with van der Waals surface area (Å²) in [6, 6.07) is 20.6. The molecule has 1 nitrogen and oxygen atoms in total. The van der Waals surface area contributed by atoms with Crippen LogP contribution in [0.3, 0.4) is 0 Å². The van der Waals surface area contributed by atoms with Gasteiger partial charge in [-0.2, -0.15) is 0 Å². The van der Waals surface area contributed by atoms with Crippen LogP contribution in [0.25, 0.3) is 0 Å². The highest BCUT2D eigenvalue weighted by Crippen LogP contribution is 2.22. The van der Waals surface area contributed by atoms with Gasteiger partial charge in [-0.05, 0) is 23.0 Å². The van der Waals surface area contributed by atoms with E-state index in [1.165, 1.54) is 11.1 Å². The second kappa shape index (κ2) is 8.41. The average molecular weight is 282 g/mol. The van der Waals surface area contributed by atoms with Gasteiger partial charge >= 0.3 is 0 Å². The first-order valence-electron chi connectivity index (χ1n) is 7.48. The number of hydrogen-bond donors (Lipinski definition) is 0. The van der Waals surface area contributed by atoms with Crippen molar-refractivity contribution >= 4 is 6.29 Å². The zero-order valence-corrected chi connectivity index (χ0v) is 13.5. The Labute approximate surface area is 129 Å². The molecule has 0 fully saturated rings. The Morgan fingerprint density at radius 3 is 1.67 bits per heavy atom. The lowest BCUT2D eigenvalue weighted by atomic mass is 9.86. The molecule has 0 amide bonds. The fraction of sp³-hybridized carbons (Fsp3) is 0.350. The number of hydrogen-bond acceptors (Lipinski definition) is 1. The normalized spacial score (nSPS) is 12.0. The van der Waals surface area contributed by atoms with Crippen molar-refractivity contribution in [3.63, 3.8) is 0 Å². The van der Waals surface area contributed by atoms with Crippen molar-refractivity contribution in [2.45, 2.75) is 39.5 Å². The van der Waals surface area contributed by atoms with Crippen LogP contribution in [0.2, 0.25) is 0 Å². The second-order valence-corrected chi connectivity index (χ2v) is 6.42. The van der Waals surface area contributed by atoms with Gasteiger partial charge in [-0.3, -0.25) is 0 Å². The van der Waals surface area contributed by atoms with E-state index in [0.29, 0.717) is 0 Å². The molecule has 0 aromatic heterocycles. The van der Waals surface area contributed by atoms with E-state index >= 15 is 0 Å². The molecule has 1 atom stereocenters. The van der Waals surface area contributed by atoms with E-state index in [4.69, 9.17) is 0 Å². The van der Waals surface area contributed by atoms with Gasteiger partial charge in [0, 0.05) is 5.92 Å². The Kier molecular flexibility index (Phi) is 6.87. The van der Waals surface area contributed by atoms with Crippen molar-refractivity contribution in [3.05, 3.63) is 71.8 Å². The smallest absolute Gasteiger partial charge is 0.123 e. The third-order valence-corrected chi connectivity index (χ3v) is 3.28. The molecule has 0 aliphatic rings. The first-order valence-corrected chi connectivity index (χ1v) is 7.48. The molecule has 0 aliphatic heterocycles. The van der Waals surface area contributed by atoms with E-state index in [1.807, 2.05) is 43.3 Å². The maximum absolute atomic E-state index is 10.5. The Morgan fingerprint density at radius 1 is 0.905 bits per heavy atom. The predicted molar refractivity (Wildman–Crippen MR) is 90.5 cm³/mol. The lowest BCUT2D eigenvalue weighted by molar-refractivity contribution is -0.110. The number of benzene rings is 2. The molecule has 0 N–H and O–H groups in total. The van der Waals surface area contributed by atoms with Crippen molar-refractivity contribution in [1.29, 1.82) is 0 Å². The summed E-state index contributed by atoms with van der Waals surface area (Å²) in [5, 5.41) is 0. The molecule has 0 heterocycles. The van der Waals surface area contributed by atoms with Gasteiger partial charge in [-0.25, -0.2) is 0 Å². The van der Waals surface area contributed by atoms with E-state index in [2.05, 4.69) is 45.0 Å². The molecular weight excluding hydrogens is 256 g/mol. The summed E-state index contributed by atoms with van der Waals surface area (Å²) in [5.74, 6) is 0.116. The predicted octanol–water partition coefficient (Wildman–Crippen LogP) is 5.05. The monoisotopic (exact) mass is 282 g/mol. The lowest BCUT2D eigenvalue weighted by Gasteiger charge is -2.19. The Bertz CT molecular complexity index is 479. The average Bonchev–Trinajstić information content (AvgIpc) is 2.49. The summed E-state index contributed by atoms with van der Waals surface area (Å²) in [6.45, 7) is 8.56. The van der Waals surface area contributed by atoms with E-state index < -0.39 is 0 Å². The SMILES string of the molecule is CC(C=O)Cc1ccc(C(C)(C)C)cc1.c1ccccc1. The first kappa shape index (κ1) is 17.2. The number of carbonyl (C=O) groups is 1. The molecule has 0 saturated carbocycles. The molecular formula is C20H26O. The minimum Gasteiger partial charge on any atom is -0.303 e. The number of rotatable bonds is 3. The molecule has 21 heavy (non-hydrogen) atoms. The van der Waals surface area contributed by atoms with Crippen LogP contribution in [-0.4, -0.2) is 6.29 Å². The number of aldehydes is 1. The van der Waals surface area contributed by atoms with E-state index in [9.17, 15) is 4.79 Å². The molecule has 0 spiro atoms. The third-order valence-electron chi connectivity index (χ3n) is 3.28. The topological polar surface area (TPSA) is 17.1 Å². The van der Waals surface area contributed by atoms with Crippen LogP contribution in [0.5, 0.6) is 0 Å². The Hall–Kier alpha value is -1.89. The standard InChI is InChI=1S/C14H20O.C6H6/c1-11(10-15)9-12-5-7-13(8-6-12)14(2,3)4;1-2-4-6-5-3-1/h5-8,10-11H,9H2,1-4H3;1-6H. The molecule has 2 rings (SSSR count). The maximum atomic E-state index is 10.5. The highest BCUT2D eigenvalue weighted by Gasteiger charge is 2.13. The van der Waals surface area contributed by atoms with Crippen molar-refractivity contribution in [1.82, 2.24) is 0 Å². The summed E-state index contributed by atoms with van der Waals surface area (Å²) < 4.78 is 0. The first-order chi connectivity index (χ1) is 9.93. The molecule has 0 aliphatic carbocycles. The fourth-order valence-electron chi connectivity index (χ4n) is 1.95. The molecule has 1 unspecified atom stereocenters. The minimum absolute atomic E-state index is 0.116. The van der Waals surface area contributed by atoms with Crippen LogP contribution in [0.1, 0.15) is 38.8 Å². The van der Waals surface area contributed by atoms with E-state index in [-0.39, 0.29) is 11.3 Å². The van der Waals surface area contributed by atoms with Gasteiger partial charge in [0.2, 0.25) is 0 Å². The fourth-order valence-corrected chi connectivity index (χ4v) is 1.95. The lowest BCUT2D eigenvalue weighted by Crippen LogP contribution is -2.11. The van der Waals surface area contributed by atoms with Crippen LogP contribution >= 0.6 is 0 Å². The molecule has 2 aromatic rings. The Balaban J connectivity index is 0.000000304. The van der Waals surface area contributed by atoms with E-state index in [0.717, 1.165) is 12.7 Å². The quantitative estimate of drug-likeness (QED) is 0.720. The molecule has 112 valence electrons. The van der Waals surface area contributed by atoms with Crippen molar-refractivity contribution in [2.75, 3.05) is 0 Å². The van der Waals surface area contributed by atoms with E-state index in [1.54, 1.807) is 0 Å². The van der Waals surface area contributed by atoms with Gasteiger partial charge in [0.1, 0.15) is 6.29 Å². The highest BCUT2D eigenvalue weighted by molar-refractivity contribution is 5.53. The second-order valence-electron chi connectivity index (χ2n) is 6.42. The zero-order valence-electron chi connectivity index (χ0n) is 13.5. The van der Waals surface area contributed by atoms with Crippen molar-refractivity contribution in [2.24, 2.45) is 5.92 Å². The van der Waals surface area contributed by atoms with Gasteiger partial charge in [0.15, 0.2) is 0 Å². The summed E-state index contributed by atoms with van der Waals surface area (Å²) in [6.07, 6.45) is 1.85. The molecule has 0 radical (unpaired) electrons. The van der Waals surface area contributed by atoms with Crippen LogP contribution in [0.15, 0.2) is 60.7 Å². The zero-order chi connectivity index (χ0) is 15.7. The van der Waals surface area contributed by atoms with Gasteiger partial charge in [0.25, 0.3) is 0 Å². The van der Waals surface area contributed by atoms with Gasteiger partial charge in [-0.15, -0.1) is 0 Å². The van der Waals surface area contributed by atoms with Gasteiger partial charge in [-0.1, -0.05) is 88.4 Å². The third kappa shape index (κ3) is 6.89. The molecule has 0 bridgehead atoms. The van der Waals surface area contributed by atoms with Crippen LogP contribution in [0, 0.1) is 5.92 Å². The van der Waals surface area contributed by atoms with Crippen LogP contribution < -0.4 is 0 Å². The summed E-state index contributed by atoms with van der Waals surface area (Å²) >= 11 is 0. The molecule has 2 aromatic carbocycles. The summed E-state index contributed by atoms with van der Waals surface area (Å²) in [4.78, 5) is 10.5.